The first-order valence-electron chi connectivity index (χ1n) is 3.47. The van der Waals surface area contributed by atoms with E-state index in [1.807, 2.05) is 19.0 Å². The molecule has 3 nitrogen and oxygen atoms in total. The zero-order chi connectivity index (χ0) is 9.14. The molecule has 0 radical (unpaired) electrons. The van der Waals surface area contributed by atoms with Crippen LogP contribution in [0.25, 0.3) is 4.98 Å². The average Bonchev–Trinajstić information content (AvgIpc) is 2.03. The predicted molar refractivity (Wildman–Crippen MR) is 50.5 cm³/mol. The fourth-order valence-corrected chi connectivity index (χ4v) is 1.26. The molecule has 0 saturated carbocycles. The van der Waals surface area contributed by atoms with E-state index in [2.05, 4.69) is 4.98 Å². The van der Waals surface area contributed by atoms with Crippen molar-refractivity contribution >= 4 is 23.0 Å². The van der Waals surface area contributed by atoms with Crippen LogP contribution in [0.1, 0.15) is 0 Å². The summed E-state index contributed by atoms with van der Waals surface area (Å²) in [5.41, 5.74) is 1.37. The molecular weight excluding hydrogens is 381 g/mol. The Morgan fingerprint density at radius 2 is 1.59 bits per heavy atom. The topological polar surface area (TPSA) is 31.4 Å². The Balaban J connectivity index is -0.0000000960. The van der Waals surface area contributed by atoms with Crippen molar-refractivity contribution in [3.63, 3.8) is 0 Å². The number of hydrogen-bond donors (Lipinski definition) is 0. The second-order valence-corrected chi connectivity index (χ2v) is 3.04. The van der Waals surface area contributed by atoms with Gasteiger partial charge in [0.1, 0.15) is 0 Å². The van der Waals surface area contributed by atoms with Gasteiger partial charge in [0, 0.05) is 20.2 Å². The fourth-order valence-electron chi connectivity index (χ4n) is 0.921. The molecular formula is C8H9Cl5N3Zn-. The molecule has 0 heterocycles. The molecule has 1 aromatic rings. The van der Waals surface area contributed by atoms with Gasteiger partial charge in [0.2, 0.25) is 5.39 Å². The Hall–Kier alpha value is 0.513. The van der Waals surface area contributed by atoms with Crippen LogP contribution in [0.3, 0.4) is 0 Å². The summed E-state index contributed by atoms with van der Waals surface area (Å²) in [7, 11) is 3.80. The van der Waals surface area contributed by atoms with E-state index < -0.39 is 0 Å². The minimum atomic E-state index is 0. The number of nitrogens with zero attached hydrogens (tertiary/aromatic N) is 3. The summed E-state index contributed by atoms with van der Waals surface area (Å²) in [5, 5.41) is 9.02. The minimum Gasteiger partial charge on any atom is -1.00 e. The Kier molecular flexibility index (Phi) is 26.1. The molecule has 17 heavy (non-hydrogen) atoms. The Morgan fingerprint density at radius 1 is 1.12 bits per heavy atom. The van der Waals surface area contributed by atoms with Gasteiger partial charge >= 0.3 is 25.2 Å². The number of diazo groups is 1. The van der Waals surface area contributed by atoms with Crippen molar-refractivity contribution in [1.29, 1.82) is 5.39 Å². The van der Waals surface area contributed by atoms with Crippen molar-refractivity contribution in [3.8, 4) is 0 Å². The Labute approximate surface area is 144 Å². The smallest absolute Gasteiger partial charge is 1.00 e. The third-order valence-electron chi connectivity index (χ3n) is 1.53. The average molecular weight is 390 g/mol. The summed E-state index contributed by atoms with van der Waals surface area (Å²) in [6.07, 6.45) is 0. The summed E-state index contributed by atoms with van der Waals surface area (Å²) < 4.78 is 0. The second-order valence-electron chi connectivity index (χ2n) is 2.63. The van der Waals surface area contributed by atoms with Gasteiger partial charge < -0.3 is 54.5 Å². The quantitative estimate of drug-likeness (QED) is 0.353. The van der Waals surface area contributed by atoms with E-state index >= 15 is 0 Å². The summed E-state index contributed by atoms with van der Waals surface area (Å²) in [4.78, 5) is 4.92. The van der Waals surface area contributed by atoms with Crippen LogP contribution in [0.15, 0.2) is 18.2 Å². The summed E-state index contributed by atoms with van der Waals surface area (Å²) >= 11 is 5.89. The van der Waals surface area contributed by atoms with Gasteiger partial charge in [-0.1, -0.05) is 11.6 Å². The van der Waals surface area contributed by atoms with Crippen molar-refractivity contribution in [1.82, 2.24) is 0 Å². The molecule has 0 aromatic heterocycles. The van der Waals surface area contributed by atoms with Gasteiger partial charge in [0.25, 0.3) is 0 Å². The molecule has 0 bridgehead atoms. The van der Waals surface area contributed by atoms with E-state index in [0.717, 1.165) is 5.69 Å². The Morgan fingerprint density at radius 3 is 1.88 bits per heavy atom. The van der Waals surface area contributed by atoms with Gasteiger partial charge in [-0.05, 0) is 6.07 Å². The van der Waals surface area contributed by atoms with Gasteiger partial charge in [-0.2, -0.15) is 0 Å². The van der Waals surface area contributed by atoms with E-state index in [1.54, 1.807) is 18.2 Å². The van der Waals surface area contributed by atoms with Crippen molar-refractivity contribution in [2.24, 2.45) is 0 Å². The summed E-state index contributed by atoms with van der Waals surface area (Å²) in [5.74, 6) is 0. The van der Waals surface area contributed by atoms with E-state index in [1.165, 1.54) is 0 Å². The zero-order valence-corrected chi connectivity index (χ0v) is 15.9. The van der Waals surface area contributed by atoms with Crippen molar-refractivity contribution in [2.45, 2.75) is 0 Å². The molecule has 1 aromatic carbocycles. The van der Waals surface area contributed by atoms with E-state index in [9.17, 15) is 0 Å². The molecule has 0 unspecified atom stereocenters. The van der Waals surface area contributed by atoms with Crippen LogP contribution in [0, 0.1) is 5.39 Å². The Bertz CT molecular complexity index is 342. The third-order valence-corrected chi connectivity index (χ3v) is 1.83. The van der Waals surface area contributed by atoms with Gasteiger partial charge in [0.05, 0.1) is 16.8 Å². The molecule has 0 fully saturated rings. The molecule has 0 atom stereocenters. The third kappa shape index (κ3) is 9.13. The van der Waals surface area contributed by atoms with Crippen molar-refractivity contribution in [2.75, 3.05) is 19.0 Å². The van der Waals surface area contributed by atoms with Crippen molar-refractivity contribution < 1.29 is 69.1 Å². The standard InChI is InChI=1S/C8H9ClN3.4ClH.Zn/c1-12(2)8-4-3-6(11-10)5-7(8)9;;;;;/h3-5H,1-2H3;4*1H;/q+1;;;;;+2/p-4. The molecule has 0 aliphatic rings. The van der Waals surface area contributed by atoms with Gasteiger partial charge in [0.15, 0.2) is 4.98 Å². The van der Waals surface area contributed by atoms with E-state index in [4.69, 9.17) is 17.0 Å². The zero-order valence-electron chi connectivity index (χ0n) is 9.17. The molecule has 0 aliphatic heterocycles. The van der Waals surface area contributed by atoms with Crippen LogP contribution >= 0.6 is 11.6 Å². The molecule has 1 rings (SSSR count). The number of benzene rings is 1. The maximum atomic E-state index is 8.44. The monoisotopic (exact) mass is 386 g/mol. The molecule has 0 N–H and O–H groups in total. The SMILES string of the molecule is CN(C)c1ccc([N+]#N)cc1Cl.[Cl-].[Cl-].[Cl-].[Cl-].[Zn+2]. The first-order chi connectivity index (χ1) is 5.65. The molecule has 0 saturated heterocycles. The molecule has 9 heteroatoms. The fraction of sp³-hybridized carbons (Fsp3) is 0.250. The molecule has 0 aliphatic carbocycles. The van der Waals surface area contributed by atoms with Gasteiger partial charge in [-0.15, -0.1) is 0 Å². The van der Waals surface area contributed by atoms with Crippen LogP contribution in [0.5, 0.6) is 0 Å². The normalized spacial score (nSPS) is 6.47. The van der Waals surface area contributed by atoms with E-state index in [-0.39, 0.29) is 69.1 Å². The number of rotatable bonds is 1. The van der Waals surface area contributed by atoms with Gasteiger partial charge in [-0.25, -0.2) is 0 Å². The van der Waals surface area contributed by atoms with Crippen molar-refractivity contribution in [3.05, 3.63) is 28.2 Å². The van der Waals surface area contributed by atoms with Gasteiger partial charge in [-0.3, -0.25) is 0 Å². The van der Waals surface area contributed by atoms with Crippen LogP contribution in [0.2, 0.25) is 5.02 Å². The van der Waals surface area contributed by atoms with Crippen LogP contribution in [-0.2, 0) is 19.5 Å². The number of halogens is 5. The van der Waals surface area contributed by atoms with Crippen LogP contribution in [0.4, 0.5) is 11.4 Å². The maximum Gasteiger partial charge on any atom is 2.00 e. The molecule has 0 amide bonds. The van der Waals surface area contributed by atoms with Crippen LogP contribution in [-0.4, -0.2) is 14.1 Å². The largest absolute Gasteiger partial charge is 2.00 e. The molecule has 94 valence electrons. The second kappa shape index (κ2) is 14.6. The first-order valence-corrected chi connectivity index (χ1v) is 3.85. The molecule has 0 spiro atoms. The predicted octanol–water partition coefficient (Wildman–Crippen LogP) is -9.10. The number of anilines is 1. The summed E-state index contributed by atoms with van der Waals surface area (Å²) in [6, 6.07) is 5.11. The first kappa shape index (κ1) is 30.5. The van der Waals surface area contributed by atoms with Crippen LogP contribution < -0.4 is 54.5 Å². The minimum absolute atomic E-state index is 0. The number of hydrogen-bond acceptors (Lipinski definition) is 2. The summed E-state index contributed by atoms with van der Waals surface area (Å²) in [6.45, 7) is 0. The van der Waals surface area contributed by atoms with E-state index in [0.29, 0.717) is 10.7 Å². The maximum absolute atomic E-state index is 8.44.